The van der Waals surface area contributed by atoms with Gasteiger partial charge in [-0.3, -0.25) is 18.7 Å². The van der Waals surface area contributed by atoms with Gasteiger partial charge >= 0.3 is 5.69 Å². The monoisotopic (exact) mass is 488 g/mol. The topological polar surface area (TPSA) is 144 Å². The second kappa shape index (κ2) is 10.5. The molecule has 1 aromatic carbocycles. The third-order valence-corrected chi connectivity index (χ3v) is 6.21. The predicted octanol–water partition coefficient (Wildman–Crippen LogP) is 0.0356. The third-order valence-electron chi connectivity index (χ3n) is 6.21. The molecule has 36 heavy (non-hydrogen) atoms. The van der Waals surface area contributed by atoms with E-state index in [1.165, 1.54) is 11.6 Å². The number of piperidine rings is 1. The van der Waals surface area contributed by atoms with Gasteiger partial charge in [-0.15, -0.1) is 5.92 Å². The van der Waals surface area contributed by atoms with Crippen molar-refractivity contribution in [3.05, 3.63) is 56.2 Å². The van der Waals surface area contributed by atoms with Gasteiger partial charge in [0.15, 0.2) is 11.2 Å². The summed E-state index contributed by atoms with van der Waals surface area (Å²) < 4.78 is 3.89. The van der Waals surface area contributed by atoms with E-state index in [0.29, 0.717) is 18.1 Å². The minimum atomic E-state index is -0.637. The second-order valence-corrected chi connectivity index (χ2v) is 8.77. The van der Waals surface area contributed by atoms with Crippen molar-refractivity contribution in [2.45, 2.75) is 45.4 Å². The zero-order valence-electron chi connectivity index (χ0n) is 20.3. The van der Waals surface area contributed by atoms with Crippen LogP contribution in [0.4, 0.5) is 5.95 Å². The molecule has 4 rings (SSSR count). The highest BCUT2D eigenvalue weighted by Crippen LogP contribution is 2.22. The van der Waals surface area contributed by atoms with E-state index in [4.69, 9.17) is 11.0 Å². The molecule has 0 bridgehead atoms. The van der Waals surface area contributed by atoms with Gasteiger partial charge in [0.1, 0.15) is 6.54 Å². The summed E-state index contributed by atoms with van der Waals surface area (Å²) in [6.07, 6.45) is 1.80. The Hall–Kier alpha value is -4.35. The SMILES string of the molecule is CC#CCn1c(N2CCCC(N)C2)nc2c1c(=O)n(CC(=O)NCc1cccc(C#N)c1)c(=O)n2C. The summed E-state index contributed by atoms with van der Waals surface area (Å²) in [5.41, 5.74) is 6.59. The lowest BCUT2D eigenvalue weighted by Crippen LogP contribution is -2.44. The van der Waals surface area contributed by atoms with E-state index >= 15 is 0 Å². The third kappa shape index (κ3) is 4.88. The zero-order valence-corrected chi connectivity index (χ0v) is 20.3. The zero-order chi connectivity index (χ0) is 25.8. The molecular weight excluding hydrogens is 460 g/mol. The highest BCUT2D eigenvalue weighted by molar-refractivity contribution is 5.77. The summed E-state index contributed by atoms with van der Waals surface area (Å²) in [6.45, 7) is 2.95. The lowest BCUT2D eigenvalue weighted by atomic mass is 10.1. The minimum absolute atomic E-state index is 0.0118. The van der Waals surface area contributed by atoms with Crippen molar-refractivity contribution in [2.75, 3.05) is 18.0 Å². The van der Waals surface area contributed by atoms with Crippen LogP contribution in [0.3, 0.4) is 0 Å². The molecule has 3 heterocycles. The lowest BCUT2D eigenvalue weighted by molar-refractivity contribution is -0.121. The maximum absolute atomic E-state index is 13.5. The number of fused-ring (bicyclic) bond motifs is 1. The van der Waals surface area contributed by atoms with Crippen molar-refractivity contribution in [3.8, 4) is 17.9 Å². The Labute approximate surface area is 207 Å². The molecule has 3 N–H and O–H groups in total. The van der Waals surface area contributed by atoms with E-state index < -0.39 is 23.7 Å². The molecule has 0 saturated carbocycles. The largest absolute Gasteiger partial charge is 0.350 e. The Morgan fingerprint density at radius 2 is 2.11 bits per heavy atom. The van der Waals surface area contributed by atoms with Gasteiger partial charge in [-0.05, 0) is 37.5 Å². The van der Waals surface area contributed by atoms with Crippen LogP contribution in [0, 0.1) is 23.2 Å². The van der Waals surface area contributed by atoms with Gasteiger partial charge < -0.3 is 16.0 Å². The molecule has 1 fully saturated rings. The van der Waals surface area contributed by atoms with Crippen molar-refractivity contribution in [1.82, 2.24) is 24.0 Å². The van der Waals surface area contributed by atoms with Crippen LogP contribution in [-0.2, 0) is 31.5 Å². The first-order valence-corrected chi connectivity index (χ1v) is 11.7. The van der Waals surface area contributed by atoms with Crippen LogP contribution < -0.4 is 27.2 Å². The molecule has 1 aliphatic heterocycles. The number of anilines is 1. The van der Waals surface area contributed by atoms with E-state index in [2.05, 4.69) is 28.2 Å². The van der Waals surface area contributed by atoms with Crippen molar-refractivity contribution >= 4 is 23.0 Å². The predicted molar refractivity (Wildman–Crippen MR) is 135 cm³/mol. The van der Waals surface area contributed by atoms with Gasteiger partial charge in [-0.2, -0.15) is 10.2 Å². The number of hydrogen-bond acceptors (Lipinski definition) is 7. The van der Waals surface area contributed by atoms with E-state index in [1.807, 2.05) is 4.90 Å². The number of amides is 1. The van der Waals surface area contributed by atoms with Gasteiger partial charge in [0, 0.05) is 32.7 Å². The fourth-order valence-electron chi connectivity index (χ4n) is 4.39. The smallest absolute Gasteiger partial charge is 0.332 e. The average Bonchev–Trinajstić information content (AvgIpc) is 3.27. The molecule has 0 spiro atoms. The van der Waals surface area contributed by atoms with E-state index in [-0.39, 0.29) is 30.3 Å². The number of nitrogens with zero attached hydrogens (tertiary/aromatic N) is 6. The van der Waals surface area contributed by atoms with Crippen LogP contribution in [0.2, 0.25) is 0 Å². The molecule has 11 nitrogen and oxygen atoms in total. The molecule has 1 aliphatic rings. The molecule has 186 valence electrons. The molecule has 1 amide bonds. The molecule has 2 aromatic heterocycles. The summed E-state index contributed by atoms with van der Waals surface area (Å²) in [7, 11) is 1.53. The highest BCUT2D eigenvalue weighted by Gasteiger charge is 2.26. The molecule has 1 unspecified atom stereocenters. The number of nitrogens with two attached hydrogens (primary N) is 1. The average molecular weight is 489 g/mol. The first-order valence-electron chi connectivity index (χ1n) is 11.7. The Balaban J connectivity index is 1.70. The number of aromatic nitrogens is 4. The molecule has 11 heteroatoms. The number of carbonyl (C=O) groups is 1. The normalized spacial score (nSPS) is 15.3. The van der Waals surface area contributed by atoms with E-state index in [0.717, 1.165) is 29.5 Å². The first kappa shape index (κ1) is 24.8. The molecule has 1 atom stereocenters. The number of carbonyl (C=O) groups excluding carboxylic acids is 1. The van der Waals surface area contributed by atoms with Crippen LogP contribution in [0.25, 0.3) is 11.2 Å². The number of nitriles is 1. The summed E-state index contributed by atoms with van der Waals surface area (Å²) in [5, 5.41) is 11.8. The maximum atomic E-state index is 13.5. The van der Waals surface area contributed by atoms with Gasteiger partial charge in [-0.25, -0.2) is 9.36 Å². The van der Waals surface area contributed by atoms with Crippen molar-refractivity contribution in [3.63, 3.8) is 0 Å². The van der Waals surface area contributed by atoms with Crippen LogP contribution in [0.1, 0.15) is 30.9 Å². The molecule has 0 radical (unpaired) electrons. The van der Waals surface area contributed by atoms with Gasteiger partial charge in [0.2, 0.25) is 11.9 Å². The van der Waals surface area contributed by atoms with Crippen LogP contribution in [0.5, 0.6) is 0 Å². The van der Waals surface area contributed by atoms with E-state index in [9.17, 15) is 14.4 Å². The number of hydrogen-bond donors (Lipinski definition) is 2. The standard InChI is InChI=1S/C25H28N8O3/c1-3-4-11-32-21-22(29-24(32)31-10-6-9-19(27)15-31)30(2)25(36)33(23(21)35)16-20(34)28-14-18-8-5-7-17(12-18)13-26/h5,7-8,12,19H,6,9-11,14-16,27H2,1-2H3,(H,28,34). The van der Waals surface area contributed by atoms with Gasteiger partial charge in [-0.1, -0.05) is 18.1 Å². The van der Waals surface area contributed by atoms with Crippen LogP contribution >= 0.6 is 0 Å². The Morgan fingerprint density at radius 3 is 2.83 bits per heavy atom. The number of nitrogens with one attached hydrogen (secondary N) is 1. The molecule has 1 saturated heterocycles. The summed E-state index contributed by atoms with van der Waals surface area (Å²) in [6, 6.07) is 8.87. The maximum Gasteiger partial charge on any atom is 0.332 e. The van der Waals surface area contributed by atoms with Crippen LogP contribution in [0.15, 0.2) is 33.9 Å². The first-order chi connectivity index (χ1) is 17.3. The Kier molecular flexibility index (Phi) is 7.23. The Bertz CT molecular complexity index is 1530. The number of imidazole rings is 1. The van der Waals surface area contributed by atoms with Gasteiger partial charge in [0.05, 0.1) is 18.2 Å². The fourth-order valence-corrected chi connectivity index (χ4v) is 4.39. The minimum Gasteiger partial charge on any atom is -0.350 e. The van der Waals surface area contributed by atoms with Crippen molar-refractivity contribution in [1.29, 1.82) is 5.26 Å². The van der Waals surface area contributed by atoms with E-state index in [1.54, 1.807) is 35.8 Å². The number of rotatable bonds is 6. The number of aryl methyl sites for hydroxylation is 1. The van der Waals surface area contributed by atoms with Crippen molar-refractivity contribution < 1.29 is 4.79 Å². The lowest BCUT2D eigenvalue weighted by Gasteiger charge is -2.31. The molecule has 0 aliphatic carbocycles. The quantitative estimate of drug-likeness (QED) is 0.466. The molecule has 3 aromatic rings. The summed E-state index contributed by atoms with van der Waals surface area (Å²) >= 11 is 0. The molecular formula is C25H28N8O3. The van der Waals surface area contributed by atoms with Crippen molar-refractivity contribution in [2.24, 2.45) is 12.8 Å². The van der Waals surface area contributed by atoms with Gasteiger partial charge in [0.25, 0.3) is 5.56 Å². The number of benzene rings is 1. The summed E-state index contributed by atoms with van der Waals surface area (Å²) in [5.74, 6) is 5.85. The summed E-state index contributed by atoms with van der Waals surface area (Å²) in [4.78, 5) is 45.9. The second-order valence-electron chi connectivity index (χ2n) is 8.77. The fraction of sp³-hybridized carbons (Fsp3) is 0.400. The highest BCUT2D eigenvalue weighted by atomic mass is 16.2. The van der Waals surface area contributed by atoms with Crippen LogP contribution in [-0.4, -0.2) is 43.7 Å². The Morgan fingerprint density at radius 1 is 1.31 bits per heavy atom.